The number of aromatic nitrogens is 3. The summed E-state index contributed by atoms with van der Waals surface area (Å²) in [6, 6.07) is 15.2. The van der Waals surface area contributed by atoms with Gasteiger partial charge < -0.3 is 4.74 Å². The van der Waals surface area contributed by atoms with Crippen molar-refractivity contribution in [3.8, 4) is 0 Å². The summed E-state index contributed by atoms with van der Waals surface area (Å²) in [7, 11) is 0. The van der Waals surface area contributed by atoms with E-state index in [1.807, 2.05) is 42.5 Å². The molecule has 0 spiro atoms. The third kappa shape index (κ3) is 3.08. The molecule has 3 aromatic rings. The summed E-state index contributed by atoms with van der Waals surface area (Å²) in [5, 5.41) is 4.35. The van der Waals surface area contributed by atoms with E-state index in [9.17, 15) is 4.79 Å². The highest BCUT2D eigenvalue weighted by Gasteiger charge is 2.16. The van der Waals surface area contributed by atoms with Crippen LogP contribution in [-0.2, 0) is 11.3 Å². The molecule has 0 aliphatic carbocycles. The third-order valence-electron chi connectivity index (χ3n) is 3.43. The first kappa shape index (κ1) is 14.9. The van der Waals surface area contributed by atoms with Crippen LogP contribution in [0.3, 0.4) is 0 Å². The Labute approximate surface area is 133 Å². The van der Waals surface area contributed by atoms with Crippen LogP contribution < -0.4 is 5.69 Å². The van der Waals surface area contributed by atoms with Gasteiger partial charge in [-0.3, -0.25) is 4.40 Å². The van der Waals surface area contributed by atoms with Crippen molar-refractivity contribution in [1.82, 2.24) is 14.2 Å². The van der Waals surface area contributed by atoms with Crippen LogP contribution in [0.25, 0.3) is 5.65 Å². The molecule has 22 heavy (non-hydrogen) atoms. The topological polar surface area (TPSA) is 48.5 Å². The average Bonchev–Trinajstić information content (AvgIpc) is 2.90. The molecule has 0 bridgehead atoms. The van der Waals surface area contributed by atoms with E-state index in [1.165, 1.54) is 9.08 Å². The molecule has 0 N–H and O–H groups in total. The molecule has 0 amide bonds. The molecule has 3 rings (SSSR count). The van der Waals surface area contributed by atoms with Crippen molar-refractivity contribution in [2.45, 2.75) is 12.6 Å². The lowest BCUT2D eigenvalue weighted by molar-refractivity contribution is 0.0918. The molecule has 114 valence electrons. The molecule has 1 unspecified atom stereocenters. The van der Waals surface area contributed by atoms with E-state index in [2.05, 4.69) is 17.7 Å². The van der Waals surface area contributed by atoms with Crippen LogP contribution in [0.5, 0.6) is 0 Å². The Morgan fingerprint density at radius 2 is 1.91 bits per heavy atom. The number of pyridine rings is 1. The Hall–Kier alpha value is -2.05. The predicted molar refractivity (Wildman–Crippen MR) is 88.4 cm³/mol. The molecule has 0 saturated carbocycles. The zero-order valence-electron chi connectivity index (χ0n) is 12.0. The van der Waals surface area contributed by atoms with Gasteiger partial charge in [0.1, 0.15) is 0 Å². The molecule has 0 aliphatic rings. The van der Waals surface area contributed by atoms with Crippen molar-refractivity contribution in [3.63, 3.8) is 0 Å². The van der Waals surface area contributed by atoms with E-state index in [0.717, 1.165) is 5.56 Å². The number of hydrogen-bond acceptors (Lipinski definition) is 4. The molecular weight excluding hydrogens is 298 g/mol. The molecule has 0 saturated heterocycles. The van der Waals surface area contributed by atoms with Crippen molar-refractivity contribution in [2.24, 2.45) is 0 Å². The molecule has 0 radical (unpaired) electrons. The first-order valence-electron chi connectivity index (χ1n) is 7.08. The van der Waals surface area contributed by atoms with Gasteiger partial charge in [0.2, 0.25) is 0 Å². The van der Waals surface area contributed by atoms with Gasteiger partial charge in [-0.2, -0.15) is 12.6 Å². The van der Waals surface area contributed by atoms with Gasteiger partial charge in [0.15, 0.2) is 5.65 Å². The SMILES string of the molecule is O=c1n(C(CS)COCc2ccccc2)nc2ccccn12. The number of thiol groups is 1. The fraction of sp³-hybridized carbons (Fsp3) is 0.250. The van der Waals surface area contributed by atoms with Crippen LogP contribution in [0.2, 0.25) is 0 Å². The highest BCUT2D eigenvalue weighted by atomic mass is 32.1. The van der Waals surface area contributed by atoms with Gasteiger partial charge in [0.25, 0.3) is 0 Å². The summed E-state index contributed by atoms with van der Waals surface area (Å²) in [6.45, 7) is 0.898. The van der Waals surface area contributed by atoms with Gasteiger partial charge in [-0.25, -0.2) is 9.48 Å². The van der Waals surface area contributed by atoms with Crippen molar-refractivity contribution < 1.29 is 4.74 Å². The maximum Gasteiger partial charge on any atom is 0.350 e. The minimum Gasteiger partial charge on any atom is -0.375 e. The van der Waals surface area contributed by atoms with Gasteiger partial charge in [-0.15, -0.1) is 5.10 Å². The monoisotopic (exact) mass is 315 g/mol. The van der Waals surface area contributed by atoms with Gasteiger partial charge in [0, 0.05) is 11.9 Å². The highest BCUT2D eigenvalue weighted by Crippen LogP contribution is 2.09. The summed E-state index contributed by atoms with van der Waals surface area (Å²) < 4.78 is 8.69. The lowest BCUT2D eigenvalue weighted by atomic mass is 10.2. The van der Waals surface area contributed by atoms with E-state index in [-0.39, 0.29) is 11.7 Å². The zero-order valence-corrected chi connectivity index (χ0v) is 12.9. The van der Waals surface area contributed by atoms with Gasteiger partial charge in [-0.1, -0.05) is 36.4 Å². The Morgan fingerprint density at radius 3 is 2.64 bits per heavy atom. The second kappa shape index (κ2) is 6.81. The molecule has 1 atom stereocenters. The summed E-state index contributed by atoms with van der Waals surface area (Å²) >= 11 is 4.33. The number of fused-ring (bicyclic) bond motifs is 1. The van der Waals surface area contributed by atoms with Crippen molar-refractivity contribution >= 4 is 18.3 Å². The first-order valence-corrected chi connectivity index (χ1v) is 7.71. The number of rotatable bonds is 6. The van der Waals surface area contributed by atoms with E-state index >= 15 is 0 Å². The quantitative estimate of drug-likeness (QED) is 0.709. The Morgan fingerprint density at radius 1 is 1.14 bits per heavy atom. The molecule has 6 heteroatoms. The summed E-state index contributed by atoms with van der Waals surface area (Å²) in [5.74, 6) is 0.485. The first-order chi connectivity index (χ1) is 10.8. The fourth-order valence-corrected chi connectivity index (χ4v) is 2.53. The van der Waals surface area contributed by atoms with Crippen molar-refractivity contribution in [1.29, 1.82) is 0 Å². The van der Waals surface area contributed by atoms with Crippen LogP contribution in [0.1, 0.15) is 11.6 Å². The van der Waals surface area contributed by atoms with Gasteiger partial charge >= 0.3 is 5.69 Å². The maximum absolute atomic E-state index is 12.3. The Balaban J connectivity index is 1.73. The molecule has 2 aromatic heterocycles. The van der Waals surface area contributed by atoms with Gasteiger partial charge in [-0.05, 0) is 17.7 Å². The van der Waals surface area contributed by atoms with E-state index in [4.69, 9.17) is 4.74 Å². The predicted octanol–water partition coefficient (Wildman–Crippen LogP) is 2.18. The molecule has 5 nitrogen and oxygen atoms in total. The van der Waals surface area contributed by atoms with Crippen molar-refractivity contribution in [3.05, 3.63) is 70.8 Å². The minimum absolute atomic E-state index is 0.169. The fourth-order valence-electron chi connectivity index (χ4n) is 2.27. The standard InChI is InChI=1S/C16H17N3O2S/c20-16-18-9-5-4-8-15(18)17-19(16)14(12-22)11-21-10-13-6-2-1-3-7-13/h1-9,14,22H,10-12H2. The molecule has 0 fully saturated rings. The Bertz CT molecular complexity index is 798. The summed E-state index contributed by atoms with van der Waals surface area (Å²) in [4.78, 5) is 12.3. The van der Waals surface area contributed by atoms with E-state index in [0.29, 0.717) is 24.6 Å². The van der Waals surface area contributed by atoms with Crippen LogP contribution in [0, 0.1) is 0 Å². The van der Waals surface area contributed by atoms with Crippen LogP contribution >= 0.6 is 12.6 Å². The third-order valence-corrected chi connectivity index (χ3v) is 3.85. The normalized spacial score (nSPS) is 12.6. The van der Waals surface area contributed by atoms with Crippen molar-refractivity contribution in [2.75, 3.05) is 12.4 Å². The van der Waals surface area contributed by atoms with E-state index in [1.54, 1.807) is 12.3 Å². The van der Waals surface area contributed by atoms with Crippen LogP contribution in [0.4, 0.5) is 0 Å². The zero-order chi connectivity index (χ0) is 15.4. The second-order valence-electron chi connectivity index (χ2n) is 4.99. The lowest BCUT2D eigenvalue weighted by Gasteiger charge is -2.14. The molecule has 0 aliphatic heterocycles. The number of hydrogen-bond donors (Lipinski definition) is 1. The second-order valence-corrected chi connectivity index (χ2v) is 5.36. The smallest absolute Gasteiger partial charge is 0.350 e. The van der Waals surface area contributed by atoms with E-state index < -0.39 is 0 Å². The largest absolute Gasteiger partial charge is 0.375 e. The summed E-state index contributed by atoms with van der Waals surface area (Å²) in [5.41, 5.74) is 1.56. The van der Waals surface area contributed by atoms with Gasteiger partial charge in [0.05, 0.1) is 19.3 Å². The average molecular weight is 315 g/mol. The minimum atomic E-state index is -0.195. The lowest BCUT2D eigenvalue weighted by Crippen LogP contribution is -2.29. The van der Waals surface area contributed by atoms with Crippen LogP contribution in [-0.4, -0.2) is 26.5 Å². The number of ether oxygens (including phenoxy) is 1. The summed E-state index contributed by atoms with van der Waals surface area (Å²) in [6.07, 6.45) is 1.71. The molecule has 2 heterocycles. The van der Waals surface area contributed by atoms with Crippen LogP contribution in [0.15, 0.2) is 59.5 Å². The maximum atomic E-state index is 12.3. The number of nitrogens with zero attached hydrogens (tertiary/aromatic N) is 3. The number of benzene rings is 1. The molecule has 1 aromatic carbocycles. The Kier molecular flexibility index (Phi) is 4.60. The highest BCUT2D eigenvalue weighted by molar-refractivity contribution is 7.80. The molecular formula is C16H17N3O2S.